The van der Waals surface area contributed by atoms with Crippen molar-refractivity contribution in [2.24, 2.45) is 11.5 Å². The molecule has 2 nitrogen and oxygen atoms in total. The lowest BCUT2D eigenvalue weighted by Gasteiger charge is -2.29. The average molecular weight is 391 g/mol. The van der Waals surface area contributed by atoms with Gasteiger partial charge >= 0.3 is 0 Å². The van der Waals surface area contributed by atoms with Gasteiger partial charge in [0.2, 0.25) is 0 Å². The third-order valence-corrected chi connectivity index (χ3v) is 5.82. The zero-order valence-corrected chi connectivity index (χ0v) is 18.2. The van der Waals surface area contributed by atoms with Gasteiger partial charge in [-0.25, -0.2) is 0 Å². The molecule has 2 heteroatoms. The van der Waals surface area contributed by atoms with E-state index in [0.717, 1.165) is 51.4 Å². The Balaban J connectivity index is 2.11. The van der Waals surface area contributed by atoms with E-state index in [1.165, 1.54) is 11.1 Å². The molecule has 0 fully saturated rings. The molecule has 0 aromatic heterocycles. The number of rotatable bonds is 12. The van der Waals surface area contributed by atoms with Crippen LogP contribution < -0.4 is 11.5 Å². The molecular formula is C27H38N2. The van der Waals surface area contributed by atoms with Crippen LogP contribution in [0.4, 0.5) is 0 Å². The summed E-state index contributed by atoms with van der Waals surface area (Å²) in [5.41, 5.74) is 18.8. The Morgan fingerprint density at radius 2 is 1.07 bits per heavy atom. The second-order valence-corrected chi connectivity index (χ2v) is 8.23. The van der Waals surface area contributed by atoms with Gasteiger partial charge in [0.1, 0.15) is 0 Å². The van der Waals surface area contributed by atoms with Crippen molar-refractivity contribution in [3.05, 3.63) is 89.7 Å². The monoisotopic (exact) mass is 390 g/mol. The minimum absolute atomic E-state index is 0.334. The quantitative estimate of drug-likeness (QED) is 0.403. The summed E-state index contributed by atoms with van der Waals surface area (Å²) in [6.07, 6.45) is 12.3. The van der Waals surface area contributed by atoms with Crippen LogP contribution in [0.15, 0.2) is 78.5 Å². The molecule has 0 amide bonds. The third kappa shape index (κ3) is 7.01. The zero-order valence-electron chi connectivity index (χ0n) is 18.2. The van der Waals surface area contributed by atoms with Gasteiger partial charge in [-0.2, -0.15) is 0 Å². The van der Waals surface area contributed by atoms with Gasteiger partial charge < -0.3 is 11.5 Å². The van der Waals surface area contributed by atoms with E-state index in [1.54, 1.807) is 0 Å². The highest BCUT2D eigenvalue weighted by Gasteiger charge is 2.26. The molecule has 29 heavy (non-hydrogen) atoms. The maximum absolute atomic E-state index is 6.82. The second-order valence-electron chi connectivity index (χ2n) is 8.23. The van der Waals surface area contributed by atoms with Gasteiger partial charge in [0.15, 0.2) is 0 Å². The summed E-state index contributed by atoms with van der Waals surface area (Å²) < 4.78 is 0. The molecule has 2 aromatic carbocycles. The summed E-state index contributed by atoms with van der Waals surface area (Å²) in [6, 6.07) is 20.9. The largest absolute Gasteiger partial charge is 0.321 e. The first kappa shape index (κ1) is 23.2. The highest BCUT2D eigenvalue weighted by molar-refractivity contribution is 5.26. The molecular weight excluding hydrogens is 352 g/mol. The van der Waals surface area contributed by atoms with Crippen molar-refractivity contribution in [1.82, 2.24) is 0 Å². The molecule has 0 aliphatic carbocycles. The number of hydrogen-bond donors (Lipinski definition) is 2. The van der Waals surface area contributed by atoms with Gasteiger partial charge in [-0.05, 0) is 49.0 Å². The number of benzene rings is 2. The Morgan fingerprint density at radius 3 is 1.41 bits per heavy atom. The van der Waals surface area contributed by atoms with Crippen molar-refractivity contribution in [2.45, 2.75) is 76.3 Å². The fourth-order valence-electron chi connectivity index (χ4n) is 3.82. The molecule has 0 spiro atoms. The molecule has 2 unspecified atom stereocenters. The van der Waals surface area contributed by atoms with Crippen molar-refractivity contribution >= 4 is 0 Å². The van der Waals surface area contributed by atoms with Crippen LogP contribution in [0.5, 0.6) is 0 Å². The van der Waals surface area contributed by atoms with E-state index in [0.29, 0.717) is 0 Å². The van der Waals surface area contributed by atoms with E-state index in [4.69, 9.17) is 11.5 Å². The standard InChI is InChI=1S/C27H38N2/c1-3-5-20-26(28,24-16-10-7-11-17-24)22-14-9-15-23-27(29,21-6-4-2)25-18-12-8-13-19-25/h7-8,10-19H,3-6,20-23,28-29H2,1-2H3. The molecule has 0 radical (unpaired) electrons. The number of nitrogens with two attached hydrogens (primary N) is 2. The molecule has 0 heterocycles. The number of hydrogen-bond acceptors (Lipinski definition) is 2. The number of unbranched alkanes of at least 4 members (excludes halogenated alkanes) is 2. The Morgan fingerprint density at radius 1 is 0.690 bits per heavy atom. The Labute approximate surface area is 177 Å². The van der Waals surface area contributed by atoms with Gasteiger partial charge in [0.25, 0.3) is 0 Å². The van der Waals surface area contributed by atoms with Crippen LogP contribution in [0.25, 0.3) is 0 Å². The van der Waals surface area contributed by atoms with E-state index in [1.807, 2.05) is 12.1 Å². The summed E-state index contributed by atoms with van der Waals surface area (Å²) in [7, 11) is 0. The lowest BCUT2D eigenvalue weighted by atomic mass is 9.82. The first-order chi connectivity index (χ1) is 14.0. The van der Waals surface area contributed by atoms with Gasteiger partial charge in [-0.3, -0.25) is 0 Å². The van der Waals surface area contributed by atoms with Crippen molar-refractivity contribution < 1.29 is 0 Å². The van der Waals surface area contributed by atoms with Crippen LogP contribution in [-0.2, 0) is 11.1 Å². The van der Waals surface area contributed by atoms with Crippen LogP contribution in [0.3, 0.4) is 0 Å². The molecule has 0 aliphatic rings. The van der Waals surface area contributed by atoms with E-state index in [2.05, 4.69) is 80.3 Å². The van der Waals surface area contributed by atoms with Crippen LogP contribution in [-0.4, -0.2) is 0 Å². The lowest BCUT2D eigenvalue weighted by Crippen LogP contribution is -2.36. The first-order valence-electron chi connectivity index (χ1n) is 11.1. The molecule has 0 saturated carbocycles. The molecule has 156 valence electrons. The smallest absolute Gasteiger partial charge is 0.0450 e. The molecule has 2 atom stereocenters. The molecule has 2 rings (SSSR count). The SMILES string of the molecule is CCCCC(N)(CC=C=CCC(N)(CCCC)c1ccccc1)c1ccccc1. The maximum atomic E-state index is 6.82. The van der Waals surface area contributed by atoms with Crippen LogP contribution in [0, 0.1) is 0 Å². The van der Waals surface area contributed by atoms with E-state index in [-0.39, 0.29) is 11.1 Å². The van der Waals surface area contributed by atoms with Crippen LogP contribution in [0.2, 0.25) is 0 Å². The topological polar surface area (TPSA) is 52.0 Å². The minimum Gasteiger partial charge on any atom is -0.321 e. The molecule has 0 bridgehead atoms. The summed E-state index contributed by atoms with van der Waals surface area (Å²) >= 11 is 0. The summed E-state index contributed by atoms with van der Waals surface area (Å²) in [5.74, 6) is 0. The van der Waals surface area contributed by atoms with Crippen molar-refractivity contribution in [1.29, 1.82) is 0 Å². The normalized spacial score (nSPS) is 15.0. The summed E-state index contributed by atoms with van der Waals surface area (Å²) in [6.45, 7) is 4.42. The molecule has 0 saturated heterocycles. The summed E-state index contributed by atoms with van der Waals surface area (Å²) in [5, 5.41) is 0. The average Bonchev–Trinajstić information content (AvgIpc) is 2.77. The van der Waals surface area contributed by atoms with E-state index in [9.17, 15) is 0 Å². The van der Waals surface area contributed by atoms with Gasteiger partial charge in [0, 0.05) is 11.1 Å². The molecule has 0 aliphatic heterocycles. The predicted octanol–water partition coefficient (Wildman–Crippen LogP) is 6.57. The maximum Gasteiger partial charge on any atom is 0.0450 e. The second kappa shape index (κ2) is 11.8. The molecule has 4 N–H and O–H groups in total. The van der Waals surface area contributed by atoms with Crippen LogP contribution >= 0.6 is 0 Å². The van der Waals surface area contributed by atoms with Gasteiger partial charge in [0.05, 0.1) is 0 Å². The van der Waals surface area contributed by atoms with Gasteiger partial charge in [-0.1, -0.05) is 100 Å². The Hall–Kier alpha value is -2.12. The summed E-state index contributed by atoms with van der Waals surface area (Å²) in [4.78, 5) is 0. The fourth-order valence-corrected chi connectivity index (χ4v) is 3.82. The first-order valence-corrected chi connectivity index (χ1v) is 11.1. The van der Waals surface area contributed by atoms with Gasteiger partial charge in [-0.15, -0.1) is 5.73 Å². The van der Waals surface area contributed by atoms with E-state index >= 15 is 0 Å². The van der Waals surface area contributed by atoms with E-state index < -0.39 is 0 Å². The fraction of sp³-hybridized carbons (Fsp3) is 0.444. The zero-order chi connectivity index (χ0) is 21.0. The van der Waals surface area contributed by atoms with Crippen molar-refractivity contribution in [3.8, 4) is 0 Å². The Bertz CT molecular complexity index is 698. The minimum atomic E-state index is -0.334. The van der Waals surface area contributed by atoms with Crippen molar-refractivity contribution in [3.63, 3.8) is 0 Å². The van der Waals surface area contributed by atoms with Crippen molar-refractivity contribution in [2.75, 3.05) is 0 Å². The Kier molecular flexibility index (Phi) is 9.41. The predicted molar refractivity (Wildman–Crippen MR) is 126 cm³/mol. The third-order valence-electron chi connectivity index (χ3n) is 5.82. The lowest BCUT2D eigenvalue weighted by molar-refractivity contribution is 0.395. The molecule has 2 aromatic rings. The van der Waals surface area contributed by atoms with Crippen LogP contribution in [0.1, 0.15) is 76.3 Å². The highest BCUT2D eigenvalue weighted by Crippen LogP contribution is 2.30. The highest BCUT2D eigenvalue weighted by atomic mass is 14.7.